The molecule has 0 saturated carbocycles. The predicted molar refractivity (Wildman–Crippen MR) is 125 cm³/mol. The first-order valence-corrected chi connectivity index (χ1v) is 11.8. The molecule has 3 rings (SSSR count). The number of aromatic nitrogens is 1. The largest absolute Gasteiger partial charge is 0.338 e. The molecule has 0 bridgehead atoms. The summed E-state index contributed by atoms with van der Waals surface area (Å²) >= 11 is 0. The lowest BCUT2D eigenvalue weighted by Crippen LogP contribution is -2.52. The number of likely N-dealkylation sites (N-methyl/N-ethyl adjacent to an activating group) is 1. The van der Waals surface area contributed by atoms with Gasteiger partial charge in [-0.25, -0.2) is 17.9 Å². The second kappa shape index (κ2) is 10.7. The summed E-state index contributed by atoms with van der Waals surface area (Å²) in [6, 6.07) is 19.0. The van der Waals surface area contributed by atoms with Crippen LogP contribution < -0.4 is 10.0 Å². The van der Waals surface area contributed by atoms with Crippen LogP contribution in [0.25, 0.3) is 0 Å². The predicted octanol–water partition coefficient (Wildman–Crippen LogP) is 2.65. The Labute approximate surface area is 193 Å². The Morgan fingerprint density at radius 1 is 0.970 bits per heavy atom. The van der Waals surface area contributed by atoms with E-state index >= 15 is 0 Å². The quantitative estimate of drug-likeness (QED) is 0.531. The molecule has 9 heteroatoms. The number of nitrogens with one attached hydrogen (secondary N) is 2. The van der Waals surface area contributed by atoms with Crippen molar-refractivity contribution in [2.45, 2.75) is 30.8 Å². The van der Waals surface area contributed by atoms with Crippen LogP contribution >= 0.6 is 0 Å². The Morgan fingerprint density at radius 3 is 2.30 bits per heavy atom. The van der Waals surface area contributed by atoms with Crippen LogP contribution in [0.4, 0.5) is 4.79 Å². The topological polar surface area (TPSA) is 108 Å². The molecule has 33 heavy (non-hydrogen) atoms. The van der Waals surface area contributed by atoms with Gasteiger partial charge in [-0.3, -0.25) is 9.78 Å². The fourth-order valence-corrected chi connectivity index (χ4v) is 4.51. The lowest BCUT2D eigenvalue weighted by Gasteiger charge is -2.25. The number of nitrogens with zero attached hydrogens (tertiary/aromatic N) is 2. The molecule has 0 aliphatic heterocycles. The molecule has 1 aromatic heterocycles. The molecule has 0 aliphatic rings. The highest BCUT2D eigenvalue weighted by atomic mass is 32.2. The number of pyridine rings is 1. The van der Waals surface area contributed by atoms with Gasteiger partial charge in [-0.1, -0.05) is 54.6 Å². The fraction of sp³-hybridized carbons (Fsp3) is 0.208. The van der Waals surface area contributed by atoms with Crippen LogP contribution in [0.1, 0.15) is 16.8 Å². The highest BCUT2D eigenvalue weighted by molar-refractivity contribution is 7.90. The van der Waals surface area contributed by atoms with Crippen molar-refractivity contribution >= 4 is 22.0 Å². The average molecular weight is 467 g/mol. The van der Waals surface area contributed by atoms with Crippen LogP contribution in [0.15, 0.2) is 83.9 Å². The van der Waals surface area contributed by atoms with E-state index in [4.69, 9.17) is 0 Å². The molecule has 0 fully saturated rings. The van der Waals surface area contributed by atoms with Gasteiger partial charge in [-0.2, -0.15) is 0 Å². The van der Waals surface area contributed by atoms with Gasteiger partial charge in [-0.15, -0.1) is 0 Å². The fourth-order valence-electron chi connectivity index (χ4n) is 3.35. The first kappa shape index (κ1) is 23.9. The average Bonchev–Trinajstić information content (AvgIpc) is 2.79. The van der Waals surface area contributed by atoms with Gasteiger partial charge < -0.3 is 10.2 Å². The zero-order valence-corrected chi connectivity index (χ0v) is 19.2. The standard InChI is InChI=1S/C24H26N4O4S/c1-18-10-6-7-14-22(18)33(31,32)27-24(30)26-21(16-19-11-4-3-5-12-19)23(29)28(2)17-20-13-8-9-15-25-20/h3-15,21H,16-17H2,1-2H3,(H2,26,27,30). The Kier molecular flexibility index (Phi) is 7.78. The van der Waals surface area contributed by atoms with Gasteiger partial charge in [-0.05, 0) is 36.2 Å². The van der Waals surface area contributed by atoms with E-state index < -0.39 is 22.1 Å². The minimum absolute atomic E-state index is 0.00152. The van der Waals surface area contributed by atoms with Crippen molar-refractivity contribution in [3.63, 3.8) is 0 Å². The van der Waals surface area contributed by atoms with Crippen LogP contribution in [0.2, 0.25) is 0 Å². The summed E-state index contributed by atoms with van der Waals surface area (Å²) in [6.45, 7) is 1.89. The summed E-state index contributed by atoms with van der Waals surface area (Å²) in [7, 11) is -2.49. The summed E-state index contributed by atoms with van der Waals surface area (Å²) in [6.07, 6.45) is 1.83. The third-order valence-corrected chi connectivity index (χ3v) is 6.49. The number of rotatable bonds is 8. The summed E-state index contributed by atoms with van der Waals surface area (Å²) in [5.41, 5.74) is 2.02. The summed E-state index contributed by atoms with van der Waals surface area (Å²) < 4.78 is 27.4. The van der Waals surface area contributed by atoms with Gasteiger partial charge in [0.25, 0.3) is 10.0 Å². The molecule has 3 aromatic rings. The Bertz CT molecular complexity index is 1200. The SMILES string of the molecule is Cc1ccccc1S(=O)(=O)NC(=O)NC(Cc1ccccc1)C(=O)N(C)Cc1ccccn1. The third-order valence-electron chi connectivity index (χ3n) is 5.00. The smallest absolute Gasteiger partial charge is 0.329 e. The minimum atomic E-state index is -4.10. The molecule has 0 aliphatic carbocycles. The lowest BCUT2D eigenvalue weighted by molar-refractivity contribution is -0.132. The van der Waals surface area contributed by atoms with E-state index in [1.54, 1.807) is 50.5 Å². The highest BCUT2D eigenvalue weighted by Gasteiger charge is 2.27. The number of carbonyl (C=O) groups excluding carboxylic acids is 2. The zero-order chi connectivity index (χ0) is 23.8. The first-order chi connectivity index (χ1) is 15.8. The number of sulfonamides is 1. The Hall–Kier alpha value is -3.72. The van der Waals surface area contributed by atoms with E-state index in [0.717, 1.165) is 5.56 Å². The highest BCUT2D eigenvalue weighted by Crippen LogP contribution is 2.14. The van der Waals surface area contributed by atoms with Crippen molar-refractivity contribution in [1.29, 1.82) is 0 Å². The normalized spacial score (nSPS) is 11.9. The maximum Gasteiger partial charge on any atom is 0.329 e. The molecule has 0 saturated heterocycles. The van der Waals surface area contributed by atoms with E-state index in [2.05, 4.69) is 10.3 Å². The molecule has 0 radical (unpaired) electrons. The van der Waals surface area contributed by atoms with E-state index in [1.165, 1.54) is 11.0 Å². The molecule has 2 N–H and O–H groups in total. The molecule has 1 unspecified atom stereocenters. The van der Waals surface area contributed by atoms with Crippen LogP contribution in [0.3, 0.4) is 0 Å². The van der Waals surface area contributed by atoms with Crippen molar-refractivity contribution in [3.8, 4) is 0 Å². The van der Waals surface area contributed by atoms with Crippen LogP contribution in [-0.2, 0) is 27.8 Å². The molecule has 172 valence electrons. The lowest BCUT2D eigenvalue weighted by atomic mass is 10.0. The van der Waals surface area contributed by atoms with Crippen molar-refractivity contribution in [1.82, 2.24) is 19.9 Å². The van der Waals surface area contributed by atoms with Gasteiger partial charge in [0.15, 0.2) is 0 Å². The third kappa shape index (κ3) is 6.63. The number of hydrogen-bond donors (Lipinski definition) is 2. The minimum Gasteiger partial charge on any atom is -0.338 e. The number of hydrogen-bond acceptors (Lipinski definition) is 5. The van der Waals surface area contributed by atoms with Gasteiger partial charge in [0.05, 0.1) is 17.1 Å². The molecule has 8 nitrogen and oxygen atoms in total. The van der Waals surface area contributed by atoms with E-state index in [0.29, 0.717) is 11.3 Å². The Balaban J connectivity index is 1.76. The number of amides is 3. The second-order valence-electron chi connectivity index (χ2n) is 7.60. The molecular formula is C24H26N4O4S. The maximum atomic E-state index is 13.2. The summed E-state index contributed by atoms with van der Waals surface area (Å²) in [5.74, 6) is -0.368. The van der Waals surface area contributed by atoms with Crippen LogP contribution in [0.5, 0.6) is 0 Å². The molecule has 2 aromatic carbocycles. The molecule has 0 spiro atoms. The zero-order valence-electron chi connectivity index (χ0n) is 18.4. The van der Waals surface area contributed by atoms with E-state index in [1.807, 2.05) is 41.1 Å². The van der Waals surface area contributed by atoms with Gasteiger partial charge in [0, 0.05) is 19.7 Å². The maximum absolute atomic E-state index is 13.2. The van der Waals surface area contributed by atoms with Crippen LogP contribution in [-0.4, -0.2) is 43.3 Å². The van der Waals surface area contributed by atoms with Crippen LogP contribution in [0, 0.1) is 6.92 Å². The summed E-state index contributed by atoms with van der Waals surface area (Å²) in [4.78, 5) is 31.5. The van der Waals surface area contributed by atoms with Crippen molar-refractivity contribution in [3.05, 3.63) is 95.8 Å². The monoisotopic (exact) mass is 466 g/mol. The van der Waals surface area contributed by atoms with Crippen molar-refractivity contribution in [2.75, 3.05) is 7.05 Å². The molecule has 1 atom stereocenters. The number of aryl methyl sites for hydroxylation is 1. The Morgan fingerprint density at radius 2 is 1.64 bits per heavy atom. The van der Waals surface area contributed by atoms with Crippen molar-refractivity contribution in [2.24, 2.45) is 0 Å². The van der Waals surface area contributed by atoms with Gasteiger partial charge in [0.2, 0.25) is 5.91 Å². The number of benzene rings is 2. The van der Waals surface area contributed by atoms with Gasteiger partial charge >= 0.3 is 6.03 Å². The summed E-state index contributed by atoms with van der Waals surface area (Å²) in [5, 5.41) is 2.54. The first-order valence-electron chi connectivity index (χ1n) is 10.3. The second-order valence-corrected chi connectivity index (χ2v) is 9.25. The van der Waals surface area contributed by atoms with E-state index in [9.17, 15) is 18.0 Å². The van der Waals surface area contributed by atoms with Crippen molar-refractivity contribution < 1.29 is 18.0 Å². The molecular weight excluding hydrogens is 440 g/mol. The molecule has 1 heterocycles. The molecule has 3 amide bonds. The number of carbonyl (C=O) groups is 2. The number of urea groups is 1. The van der Waals surface area contributed by atoms with Gasteiger partial charge in [0.1, 0.15) is 6.04 Å². The van der Waals surface area contributed by atoms with E-state index in [-0.39, 0.29) is 23.8 Å².